The van der Waals surface area contributed by atoms with Gasteiger partial charge >= 0.3 is 5.97 Å². The molecular weight excluding hydrogens is 567 g/mol. The summed E-state index contributed by atoms with van der Waals surface area (Å²) < 4.78 is 39.4. The predicted molar refractivity (Wildman–Crippen MR) is 170 cm³/mol. The van der Waals surface area contributed by atoms with Gasteiger partial charge in [0.25, 0.3) is 0 Å². The summed E-state index contributed by atoms with van der Waals surface area (Å²) in [6.07, 6.45) is 1.67. The number of rotatable bonds is 12. The van der Waals surface area contributed by atoms with Crippen LogP contribution in [0.25, 0.3) is 10.8 Å². The number of methoxy groups -OCH3 is 1. The van der Waals surface area contributed by atoms with Crippen LogP contribution in [0.3, 0.4) is 0 Å². The van der Waals surface area contributed by atoms with Crippen molar-refractivity contribution in [2.75, 3.05) is 70.3 Å². The molecule has 0 unspecified atom stereocenters. The number of benzene rings is 2. The van der Waals surface area contributed by atoms with Crippen LogP contribution < -0.4 is 24.8 Å². The average Bonchev–Trinajstić information content (AvgIpc) is 3.28. The first-order valence-electron chi connectivity index (χ1n) is 15.2. The summed E-state index contributed by atoms with van der Waals surface area (Å²) in [5, 5.41) is 0.711. The first-order valence-corrected chi connectivity index (χ1v) is 15.2. The molecule has 0 atom stereocenters. The monoisotopic (exact) mass is 612 g/mol. The Balaban J connectivity index is 1.68. The maximum absolute atomic E-state index is 15.6. The largest absolute Gasteiger partial charge is 0.494 e. The number of ketones is 1. The highest BCUT2D eigenvalue weighted by Crippen LogP contribution is 2.42. The molecule has 240 valence electrons. The van der Waals surface area contributed by atoms with Crippen molar-refractivity contribution in [3.8, 4) is 17.2 Å². The maximum Gasteiger partial charge on any atom is 0.320 e. The Bertz CT molecular complexity index is 1500. The number of esters is 1. The Hall–Kier alpha value is -3.99. The normalized spacial score (nSPS) is 14.1. The van der Waals surface area contributed by atoms with Gasteiger partial charge in [0.2, 0.25) is 0 Å². The van der Waals surface area contributed by atoms with E-state index in [9.17, 15) is 9.59 Å². The fourth-order valence-corrected chi connectivity index (χ4v) is 5.61. The fourth-order valence-electron chi connectivity index (χ4n) is 5.61. The third-order valence-electron chi connectivity index (χ3n) is 7.76. The van der Waals surface area contributed by atoms with Gasteiger partial charge in [0, 0.05) is 48.9 Å². The second-order valence-electron chi connectivity index (χ2n) is 11.8. The second kappa shape index (κ2) is 13.8. The maximum atomic E-state index is 15.6. The van der Waals surface area contributed by atoms with Gasteiger partial charge in [0.1, 0.15) is 11.6 Å². The van der Waals surface area contributed by atoms with E-state index >= 15 is 4.39 Å². The molecule has 0 radical (unpaired) electrons. The van der Waals surface area contributed by atoms with E-state index in [-0.39, 0.29) is 53.8 Å². The number of hydrogen-bond acceptors (Lipinski definition) is 9. The van der Waals surface area contributed by atoms with E-state index in [1.54, 1.807) is 37.8 Å². The van der Waals surface area contributed by atoms with Gasteiger partial charge in [-0.05, 0) is 44.4 Å². The Labute approximate surface area is 258 Å². The number of aromatic nitrogens is 1. The molecule has 0 amide bonds. The van der Waals surface area contributed by atoms with Crippen molar-refractivity contribution in [1.29, 1.82) is 0 Å². The molecule has 0 spiro atoms. The fraction of sp³-hybridized carbons (Fsp3) is 0.515. The predicted octanol–water partition coefficient (Wildman–Crippen LogP) is 5.03. The molecule has 1 fully saturated rings. The molecule has 11 heteroatoms. The second-order valence-corrected chi connectivity index (χ2v) is 11.8. The van der Waals surface area contributed by atoms with Crippen molar-refractivity contribution >= 4 is 34.0 Å². The SMILES string of the molecule is CCOC(=O)CN1CCN(c2cc(C(=O)Cn3cc4cc(OCC)c(OCC)c(F)c4c3N)cc(C(C)(C)C)c2OC)CC1. The van der Waals surface area contributed by atoms with Crippen molar-refractivity contribution < 1.29 is 32.9 Å². The van der Waals surface area contributed by atoms with E-state index in [1.165, 1.54) is 0 Å². The summed E-state index contributed by atoms with van der Waals surface area (Å²) in [7, 11) is 1.64. The summed E-state index contributed by atoms with van der Waals surface area (Å²) in [5.74, 6) is 0.129. The van der Waals surface area contributed by atoms with Crippen molar-refractivity contribution in [3.05, 3.63) is 41.3 Å². The molecule has 2 N–H and O–H groups in total. The molecule has 1 aliphatic rings. The minimum absolute atomic E-state index is 0.00888. The average molecular weight is 613 g/mol. The van der Waals surface area contributed by atoms with Crippen LogP contribution in [0.4, 0.5) is 15.9 Å². The van der Waals surface area contributed by atoms with Crippen LogP contribution in [-0.2, 0) is 21.5 Å². The third-order valence-corrected chi connectivity index (χ3v) is 7.76. The lowest BCUT2D eigenvalue weighted by Crippen LogP contribution is -2.48. The number of Topliss-reactive ketones (excluding diaryl/α,β-unsaturated/α-hetero) is 1. The summed E-state index contributed by atoms with van der Waals surface area (Å²) >= 11 is 0. The Morgan fingerprint density at radius 3 is 2.20 bits per heavy atom. The highest BCUT2D eigenvalue weighted by Gasteiger charge is 2.29. The smallest absolute Gasteiger partial charge is 0.320 e. The minimum atomic E-state index is -0.611. The molecular formula is C33H45FN4O6. The van der Waals surface area contributed by atoms with E-state index in [1.807, 2.05) is 19.1 Å². The zero-order chi connectivity index (χ0) is 32.2. The lowest BCUT2D eigenvalue weighted by Gasteiger charge is -2.37. The van der Waals surface area contributed by atoms with Crippen LogP contribution in [0.2, 0.25) is 0 Å². The van der Waals surface area contributed by atoms with Gasteiger partial charge in [0.05, 0.1) is 51.1 Å². The summed E-state index contributed by atoms with van der Waals surface area (Å²) in [4.78, 5) is 30.1. The zero-order valence-electron chi connectivity index (χ0n) is 26.9. The van der Waals surface area contributed by atoms with Gasteiger partial charge in [-0.3, -0.25) is 14.5 Å². The molecule has 2 heterocycles. The number of anilines is 2. The lowest BCUT2D eigenvalue weighted by molar-refractivity contribution is -0.144. The molecule has 1 aliphatic heterocycles. The number of piperazine rings is 1. The first-order chi connectivity index (χ1) is 20.9. The summed E-state index contributed by atoms with van der Waals surface area (Å²) in [5.41, 5.74) is 8.32. The molecule has 0 aliphatic carbocycles. The zero-order valence-corrected chi connectivity index (χ0v) is 26.9. The number of nitrogens with zero attached hydrogens (tertiary/aromatic N) is 3. The summed E-state index contributed by atoms with van der Waals surface area (Å²) in [6.45, 7) is 15.3. The molecule has 0 saturated carbocycles. The Morgan fingerprint density at radius 2 is 1.61 bits per heavy atom. The highest BCUT2D eigenvalue weighted by atomic mass is 19.1. The van der Waals surface area contributed by atoms with E-state index < -0.39 is 5.82 Å². The van der Waals surface area contributed by atoms with Crippen LogP contribution in [-0.4, -0.2) is 80.9 Å². The Morgan fingerprint density at radius 1 is 0.932 bits per heavy atom. The number of fused-ring (bicyclic) bond motifs is 1. The van der Waals surface area contributed by atoms with Crippen LogP contribution in [0, 0.1) is 5.82 Å². The Kier molecular flexibility index (Phi) is 10.3. The number of nitrogen functional groups attached to an aromatic ring is 1. The molecule has 2 aromatic carbocycles. The van der Waals surface area contributed by atoms with Crippen molar-refractivity contribution in [1.82, 2.24) is 9.47 Å². The van der Waals surface area contributed by atoms with Gasteiger partial charge in [-0.25, -0.2) is 4.39 Å². The van der Waals surface area contributed by atoms with Crippen LogP contribution >= 0.6 is 0 Å². The topological polar surface area (TPSA) is 108 Å². The van der Waals surface area contributed by atoms with E-state index in [0.29, 0.717) is 61.8 Å². The molecule has 1 aromatic heterocycles. The van der Waals surface area contributed by atoms with E-state index in [2.05, 4.69) is 30.6 Å². The van der Waals surface area contributed by atoms with Crippen LogP contribution in [0.1, 0.15) is 57.5 Å². The number of halogens is 1. The third kappa shape index (κ3) is 6.88. The van der Waals surface area contributed by atoms with Crippen molar-refractivity contribution in [2.24, 2.45) is 0 Å². The quantitative estimate of drug-likeness (QED) is 0.222. The molecule has 10 nitrogen and oxygen atoms in total. The number of carbonyl (C=O) groups is 2. The molecule has 3 aromatic rings. The number of nitrogens with two attached hydrogens (primary N) is 1. The van der Waals surface area contributed by atoms with Crippen LogP contribution in [0.5, 0.6) is 17.2 Å². The number of hydrogen-bond donors (Lipinski definition) is 1. The van der Waals surface area contributed by atoms with E-state index in [4.69, 9.17) is 24.7 Å². The standard InChI is InChI=1S/C33H45FN4O6/c1-8-42-26-17-22-18-38(32(35)28(22)29(34)31(26)44-10-3)19-25(39)21-15-23(33(4,5)6)30(41-7)24(16-21)37-13-11-36(12-14-37)20-27(40)43-9-2/h15-18H,8-14,19-20,35H2,1-7H3. The molecule has 4 rings (SSSR count). The highest BCUT2D eigenvalue weighted by molar-refractivity contribution is 6.00. The van der Waals surface area contributed by atoms with Gasteiger partial charge < -0.3 is 34.1 Å². The summed E-state index contributed by atoms with van der Waals surface area (Å²) in [6, 6.07) is 5.43. The van der Waals surface area contributed by atoms with E-state index in [0.717, 1.165) is 11.3 Å². The van der Waals surface area contributed by atoms with Gasteiger partial charge in [-0.15, -0.1) is 0 Å². The lowest BCUT2D eigenvalue weighted by atomic mass is 9.84. The first kappa shape index (κ1) is 32.9. The van der Waals surface area contributed by atoms with Crippen molar-refractivity contribution in [3.63, 3.8) is 0 Å². The number of carbonyl (C=O) groups excluding carboxylic acids is 2. The molecule has 0 bridgehead atoms. The van der Waals surface area contributed by atoms with Crippen molar-refractivity contribution in [2.45, 2.75) is 53.5 Å². The van der Waals surface area contributed by atoms with Gasteiger partial charge in [-0.1, -0.05) is 20.8 Å². The van der Waals surface area contributed by atoms with Gasteiger partial charge in [-0.2, -0.15) is 0 Å². The molecule has 1 saturated heterocycles. The number of ether oxygens (including phenoxy) is 4. The molecule has 44 heavy (non-hydrogen) atoms. The van der Waals surface area contributed by atoms with Gasteiger partial charge in [0.15, 0.2) is 23.1 Å². The minimum Gasteiger partial charge on any atom is -0.494 e. The van der Waals surface area contributed by atoms with Crippen LogP contribution in [0.15, 0.2) is 24.4 Å².